The number of halogens is 1. The van der Waals surface area contributed by atoms with E-state index < -0.39 is 16.1 Å². The fraction of sp³-hybridized carbons (Fsp3) is 0.100. The van der Waals surface area contributed by atoms with Crippen LogP contribution in [-0.2, 0) is 16.4 Å². The summed E-state index contributed by atoms with van der Waals surface area (Å²) in [7, 11) is -4.05. The van der Waals surface area contributed by atoms with E-state index in [4.69, 9.17) is 11.6 Å². The summed E-state index contributed by atoms with van der Waals surface area (Å²) < 4.78 is 27.9. The molecule has 0 saturated heterocycles. The second-order valence-electron chi connectivity index (χ2n) is 7.11. The molecule has 0 radical (unpaired) electrons. The third-order valence-electron chi connectivity index (χ3n) is 5.02. The van der Waals surface area contributed by atoms with Gasteiger partial charge in [0.2, 0.25) is 0 Å². The van der Waals surface area contributed by atoms with Gasteiger partial charge in [0.1, 0.15) is 16.4 Å². The predicted molar refractivity (Wildman–Crippen MR) is 126 cm³/mol. The summed E-state index contributed by atoms with van der Waals surface area (Å²) in [4.78, 5) is 33.8. The number of nitrogens with one attached hydrogen (secondary N) is 3. The van der Waals surface area contributed by atoms with Gasteiger partial charge in [-0.1, -0.05) is 11.6 Å². The maximum absolute atomic E-state index is 13.0. The molecular weight excluding hydrogens is 488 g/mol. The summed E-state index contributed by atoms with van der Waals surface area (Å²) in [6.07, 6.45) is 3.54. The maximum Gasteiger partial charge on any atom is 0.333 e. The van der Waals surface area contributed by atoms with Crippen LogP contribution in [0.4, 0.5) is 16.2 Å². The van der Waals surface area contributed by atoms with Gasteiger partial charge in [0.25, 0.3) is 15.6 Å². The van der Waals surface area contributed by atoms with Gasteiger partial charge in [0.15, 0.2) is 0 Å². The SMILES string of the molecule is O=C(Nc1ccc(-n2cnc3c4c(ccc3c2=O)NCC4)nc1)NS(=O)(=O)c1ccc(Cl)s1. The van der Waals surface area contributed by atoms with Crippen molar-refractivity contribution in [1.82, 2.24) is 19.3 Å². The molecule has 1 aliphatic rings. The normalized spacial score (nSPS) is 12.9. The number of nitrogens with zero attached hydrogens (tertiary/aromatic N) is 3. The van der Waals surface area contributed by atoms with Gasteiger partial charge in [0.05, 0.1) is 27.1 Å². The zero-order valence-electron chi connectivity index (χ0n) is 16.7. The highest BCUT2D eigenvalue weighted by molar-refractivity contribution is 7.92. The van der Waals surface area contributed by atoms with Crippen molar-refractivity contribution in [3.05, 3.63) is 69.2 Å². The van der Waals surface area contributed by atoms with Crippen molar-refractivity contribution in [1.29, 1.82) is 0 Å². The Morgan fingerprint density at radius 3 is 2.73 bits per heavy atom. The fourth-order valence-electron chi connectivity index (χ4n) is 3.53. The minimum absolute atomic E-state index is 0.0827. The Labute approximate surface area is 196 Å². The molecule has 0 fully saturated rings. The van der Waals surface area contributed by atoms with Crippen LogP contribution in [0.25, 0.3) is 16.7 Å². The number of sulfonamides is 1. The zero-order chi connectivity index (χ0) is 23.2. The van der Waals surface area contributed by atoms with E-state index in [2.05, 4.69) is 20.6 Å². The summed E-state index contributed by atoms with van der Waals surface area (Å²) in [6.45, 7) is 0.811. The molecule has 0 atom stereocenters. The molecule has 3 aromatic heterocycles. The number of benzene rings is 1. The highest BCUT2D eigenvalue weighted by Gasteiger charge is 2.20. The Hall–Kier alpha value is -3.48. The Balaban J connectivity index is 1.35. The predicted octanol–water partition coefficient (Wildman–Crippen LogP) is 2.97. The number of rotatable bonds is 4. The van der Waals surface area contributed by atoms with Crippen molar-refractivity contribution in [3.8, 4) is 5.82 Å². The Morgan fingerprint density at radius 1 is 1.15 bits per heavy atom. The molecule has 1 aliphatic heterocycles. The lowest BCUT2D eigenvalue weighted by molar-refractivity contribution is 0.256. The standard InChI is InChI=1S/C20H15ClN6O4S2/c21-15-4-6-17(32-15)33(30,31)26-20(29)25-11-1-5-16(23-9-11)27-10-24-18-12-7-8-22-14(12)3-2-13(18)19(27)28/h1-6,9-10,22H,7-8H2,(H2,25,26,29). The number of aromatic nitrogens is 3. The molecule has 4 aromatic rings. The number of pyridine rings is 1. The zero-order valence-corrected chi connectivity index (χ0v) is 19.1. The second-order valence-corrected chi connectivity index (χ2v) is 10.7. The van der Waals surface area contributed by atoms with Crippen LogP contribution in [0.1, 0.15) is 5.56 Å². The van der Waals surface area contributed by atoms with Crippen molar-refractivity contribution in [3.63, 3.8) is 0 Å². The van der Waals surface area contributed by atoms with Crippen molar-refractivity contribution >= 4 is 61.3 Å². The van der Waals surface area contributed by atoms with E-state index in [9.17, 15) is 18.0 Å². The molecule has 0 aliphatic carbocycles. The number of hydrogen-bond donors (Lipinski definition) is 3. The molecule has 13 heteroatoms. The van der Waals surface area contributed by atoms with Gasteiger partial charge in [-0.3, -0.25) is 9.36 Å². The quantitative estimate of drug-likeness (QED) is 0.390. The van der Waals surface area contributed by atoms with Crippen molar-refractivity contribution in [2.45, 2.75) is 10.6 Å². The van der Waals surface area contributed by atoms with Crippen LogP contribution < -0.4 is 20.9 Å². The van der Waals surface area contributed by atoms with E-state index in [0.717, 1.165) is 35.6 Å². The lowest BCUT2D eigenvalue weighted by Gasteiger charge is -2.10. The van der Waals surface area contributed by atoms with E-state index in [-0.39, 0.29) is 19.8 Å². The van der Waals surface area contributed by atoms with Crippen LogP contribution in [0.2, 0.25) is 4.34 Å². The summed E-state index contributed by atoms with van der Waals surface area (Å²) >= 11 is 6.58. The Bertz CT molecular complexity index is 1560. The number of amides is 2. The number of fused-ring (bicyclic) bond motifs is 3. The van der Waals surface area contributed by atoms with Crippen LogP contribution in [0, 0.1) is 0 Å². The average Bonchev–Trinajstić information content (AvgIpc) is 3.44. The van der Waals surface area contributed by atoms with Gasteiger partial charge >= 0.3 is 6.03 Å². The third-order valence-corrected chi connectivity index (χ3v) is 8.07. The molecule has 10 nitrogen and oxygen atoms in total. The summed E-state index contributed by atoms with van der Waals surface area (Å²) in [5, 5.41) is 6.14. The largest absolute Gasteiger partial charge is 0.384 e. The summed E-state index contributed by atoms with van der Waals surface area (Å²) in [5.41, 5.74) is 2.66. The van der Waals surface area contributed by atoms with E-state index in [0.29, 0.717) is 16.7 Å². The molecular formula is C20H15ClN6O4S2. The van der Waals surface area contributed by atoms with E-state index in [1.165, 1.54) is 41.4 Å². The Kier molecular flexibility index (Phi) is 5.27. The van der Waals surface area contributed by atoms with E-state index in [1.54, 1.807) is 6.07 Å². The molecule has 0 bridgehead atoms. The maximum atomic E-state index is 13.0. The first-order chi connectivity index (χ1) is 15.8. The molecule has 0 spiro atoms. The van der Waals surface area contributed by atoms with Crippen LogP contribution in [-0.4, -0.2) is 35.5 Å². The van der Waals surface area contributed by atoms with Gasteiger partial charge in [-0.05, 0) is 42.8 Å². The topological polar surface area (TPSA) is 135 Å². The number of urea groups is 1. The molecule has 4 heterocycles. The molecule has 1 aromatic carbocycles. The van der Waals surface area contributed by atoms with Gasteiger partial charge < -0.3 is 10.6 Å². The molecule has 33 heavy (non-hydrogen) atoms. The molecule has 3 N–H and O–H groups in total. The molecule has 168 valence electrons. The lowest BCUT2D eigenvalue weighted by Crippen LogP contribution is -2.34. The van der Waals surface area contributed by atoms with Gasteiger partial charge in [-0.15, -0.1) is 11.3 Å². The van der Waals surface area contributed by atoms with Crippen molar-refractivity contribution in [2.75, 3.05) is 17.2 Å². The van der Waals surface area contributed by atoms with Crippen LogP contribution in [0.15, 0.2) is 57.9 Å². The summed E-state index contributed by atoms with van der Waals surface area (Å²) in [5.74, 6) is 0.305. The van der Waals surface area contributed by atoms with E-state index >= 15 is 0 Å². The smallest absolute Gasteiger partial charge is 0.333 e. The van der Waals surface area contributed by atoms with Gasteiger partial charge in [-0.25, -0.2) is 27.9 Å². The number of anilines is 2. The fourth-order valence-corrected chi connectivity index (χ4v) is 5.92. The van der Waals surface area contributed by atoms with Crippen molar-refractivity contribution in [2.24, 2.45) is 0 Å². The first-order valence-corrected chi connectivity index (χ1v) is 12.3. The highest BCUT2D eigenvalue weighted by Crippen LogP contribution is 2.28. The van der Waals surface area contributed by atoms with Crippen LogP contribution in [0.3, 0.4) is 0 Å². The van der Waals surface area contributed by atoms with Gasteiger partial charge in [0, 0.05) is 17.8 Å². The molecule has 0 unspecified atom stereocenters. The first-order valence-electron chi connectivity index (χ1n) is 9.64. The minimum atomic E-state index is -4.05. The highest BCUT2D eigenvalue weighted by atomic mass is 35.5. The minimum Gasteiger partial charge on any atom is -0.384 e. The molecule has 2 amide bonds. The van der Waals surface area contributed by atoms with E-state index in [1.807, 2.05) is 10.8 Å². The third kappa shape index (κ3) is 4.03. The Morgan fingerprint density at radius 2 is 2.00 bits per heavy atom. The number of carbonyl (C=O) groups is 1. The monoisotopic (exact) mass is 502 g/mol. The average molecular weight is 503 g/mol. The molecule has 0 saturated carbocycles. The second kappa shape index (κ2) is 8.14. The van der Waals surface area contributed by atoms with Crippen LogP contribution in [0.5, 0.6) is 0 Å². The number of hydrogen-bond acceptors (Lipinski definition) is 8. The summed E-state index contributed by atoms with van der Waals surface area (Å²) in [6, 6.07) is 8.40. The number of carbonyl (C=O) groups excluding carboxylic acids is 1. The van der Waals surface area contributed by atoms with Crippen LogP contribution >= 0.6 is 22.9 Å². The van der Waals surface area contributed by atoms with Crippen molar-refractivity contribution < 1.29 is 13.2 Å². The number of thiophene rings is 1. The molecule has 5 rings (SSSR count). The first kappa shape index (κ1) is 21.4. The lowest BCUT2D eigenvalue weighted by atomic mass is 10.1. The van der Waals surface area contributed by atoms with Gasteiger partial charge in [-0.2, -0.15) is 0 Å².